The van der Waals surface area contributed by atoms with Gasteiger partial charge < -0.3 is 4.57 Å². The molecule has 0 saturated heterocycles. The molecule has 0 radical (unpaired) electrons. The van der Waals surface area contributed by atoms with Crippen molar-refractivity contribution in [3.05, 3.63) is 58.4 Å². The van der Waals surface area contributed by atoms with Gasteiger partial charge in [-0.1, -0.05) is 12.1 Å². The molecule has 2 nitrogen and oxygen atoms in total. The van der Waals surface area contributed by atoms with Gasteiger partial charge in [0.15, 0.2) is 0 Å². The molecule has 0 aliphatic rings. The largest absolute Gasteiger partial charge is 0.347 e. The SMILES string of the molecule is O=Cc1ccc2ccn(CCc3ccsc3)c2c1. The fourth-order valence-electron chi connectivity index (χ4n) is 2.15. The molecule has 0 saturated carbocycles. The van der Waals surface area contributed by atoms with Crippen LogP contribution in [0.5, 0.6) is 0 Å². The van der Waals surface area contributed by atoms with Crippen molar-refractivity contribution in [3.8, 4) is 0 Å². The highest BCUT2D eigenvalue weighted by Gasteiger charge is 2.02. The molecule has 90 valence electrons. The van der Waals surface area contributed by atoms with Crippen molar-refractivity contribution < 1.29 is 4.79 Å². The summed E-state index contributed by atoms with van der Waals surface area (Å²) in [6.45, 7) is 0.947. The third kappa shape index (κ3) is 2.09. The highest BCUT2D eigenvalue weighted by Crippen LogP contribution is 2.18. The summed E-state index contributed by atoms with van der Waals surface area (Å²) < 4.78 is 2.21. The molecule has 2 heterocycles. The summed E-state index contributed by atoms with van der Waals surface area (Å²) in [7, 11) is 0. The van der Waals surface area contributed by atoms with Gasteiger partial charge in [-0.15, -0.1) is 0 Å². The van der Waals surface area contributed by atoms with Gasteiger partial charge in [-0.05, 0) is 46.3 Å². The van der Waals surface area contributed by atoms with Crippen molar-refractivity contribution in [2.45, 2.75) is 13.0 Å². The second-order valence-corrected chi connectivity index (χ2v) is 5.11. The first kappa shape index (κ1) is 11.2. The Hall–Kier alpha value is -1.87. The van der Waals surface area contributed by atoms with E-state index >= 15 is 0 Å². The van der Waals surface area contributed by atoms with E-state index < -0.39 is 0 Å². The van der Waals surface area contributed by atoms with E-state index in [1.807, 2.05) is 18.2 Å². The maximum absolute atomic E-state index is 10.8. The standard InChI is InChI=1S/C15H13NOS/c17-10-13-1-2-14-4-7-16(15(14)9-13)6-3-12-5-8-18-11-12/h1-2,4-5,7-11H,3,6H2. The molecule has 0 amide bonds. The van der Waals surface area contributed by atoms with E-state index in [-0.39, 0.29) is 0 Å². The molecule has 3 heteroatoms. The molecular formula is C15H13NOS. The molecule has 18 heavy (non-hydrogen) atoms. The fraction of sp³-hybridized carbons (Fsp3) is 0.133. The first-order valence-corrected chi connectivity index (χ1v) is 6.86. The third-order valence-electron chi connectivity index (χ3n) is 3.16. The topological polar surface area (TPSA) is 22.0 Å². The summed E-state index contributed by atoms with van der Waals surface area (Å²) in [5, 5.41) is 5.47. The lowest BCUT2D eigenvalue weighted by molar-refractivity contribution is 0.112. The number of fused-ring (bicyclic) bond motifs is 1. The number of aromatic nitrogens is 1. The van der Waals surface area contributed by atoms with Gasteiger partial charge in [0.25, 0.3) is 0 Å². The molecule has 3 aromatic rings. The van der Waals surface area contributed by atoms with Crippen molar-refractivity contribution in [1.29, 1.82) is 0 Å². The zero-order chi connectivity index (χ0) is 12.4. The molecule has 1 aromatic carbocycles. The number of thiophene rings is 1. The fourth-order valence-corrected chi connectivity index (χ4v) is 2.86. The zero-order valence-electron chi connectivity index (χ0n) is 9.87. The van der Waals surface area contributed by atoms with Gasteiger partial charge in [0, 0.05) is 23.8 Å². The molecule has 0 atom stereocenters. The van der Waals surface area contributed by atoms with Crippen LogP contribution in [0.3, 0.4) is 0 Å². The summed E-state index contributed by atoms with van der Waals surface area (Å²) in [6.07, 6.45) is 4.01. The number of hydrogen-bond acceptors (Lipinski definition) is 2. The Morgan fingerprint density at radius 1 is 1.22 bits per heavy atom. The number of aryl methyl sites for hydroxylation is 2. The Morgan fingerprint density at radius 2 is 2.17 bits per heavy atom. The number of nitrogens with zero attached hydrogens (tertiary/aromatic N) is 1. The first-order valence-electron chi connectivity index (χ1n) is 5.92. The minimum Gasteiger partial charge on any atom is -0.347 e. The van der Waals surface area contributed by atoms with Crippen molar-refractivity contribution in [2.75, 3.05) is 0 Å². The summed E-state index contributed by atoms with van der Waals surface area (Å²) in [5.74, 6) is 0. The van der Waals surface area contributed by atoms with Crippen LogP contribution >= 0.6 is 11.3 Å². The van der Waals surface area contributed by atoms with Gasteiger partial charge in [-0.25, -0.2) is 0 Å². The Bertz CT molecular complexity index is 667. The lowest BCUT2D eigenvalue weighted by atomic mass is 10.2. The molecular weight excluding hydrogens is 242 g/mol. The third-order valence-corrected chi connectivity index (χ3v) is 3.89. The van der Waals surface area contributed by atoms with Gasteiger partial charge >= 0.3 is 0 Å². The van der Waals surface area contributed by atoms with Crippen LogP contribution < -0.4 is 0 Å². The summed E-state index contributed by atoms with van der Waals surface area (Å²) in [4.78, 5) is 10.8. The lowest BCUT2D eigenvalue weighted by Crippen LogP contribution is -1.99. The summed E-state index contributed by atoms with van der Waals surface area (Å²) in [5.41, 5.74) is 3.24. The van der Waals surface area contributed by atoms with Crippen molar-refractivity contribution in [2.24, 2.45) is 0 Å². The van der Waals surface area contributed by atoms with Crippen LogP contribution in [0, 0.1) is 0 Å². The average Bonchev–Trinajstić information content (AvgIpc) is 3.05. The van der Waals surface area contributed by atoms with E-state index in [4.69, 9.17) is 0 Å². The minimum atomic E-state index is 0.734. The number of benzene rings is 1. The highest BCUT2D eigenvalue weighted by molar-refractivity contribution is 7.07. The number of hydrogen-bond donors (Lipinski definition) is 0. The van der Waals surface area contributed by atoms with E-state index in [0.717, 1.165) is 30.3 Å². The lowest BCUT2D eigenvalue weighted by Gasteiger charge is -2.04. The number of rotatable bonds is 4. The quantitative estimate of drug-likeness (QED) is 0.651. The first-order chi connectivity index (χ1) is 8.86. The zero-order valence-corrected chi connectivity index (χ0v) is 10.7. The van der Waals surface area contributed by atoms with Crippen LogP contribution in [-0.4, -0.2) is 10.9 Å². The Morgan fingerprint density at radius 3 is 2.94 bits per heavy atom. The Kier molecular flexibility index (Phi) is 2.99. The maximum atomic E-state index is 10.8. The minimum absolute atomic E-state index is 0.734. The van der Waals surface area contributed by atoms with E-state index in [1.54, 1.807) is 11.3 Å². The Labute approximate surface area is 109 Å². The van der Waals surface area contributed by atoms with Crippen LogP contribution in [0.1, 0.15) is 15.9 Å². The molecule has 0 N–H and O–H groups in total. The highest BCUT2D eigenvalue weighted by atomic mass is 32.1. The van der Waals surface area contributed by atoms with Crippen LogP contribution in [-0.2, 0) is 13.0 Å². The molecule has 0 aliphatic heterocycles. The molecule has 0 unspecified atom stereocenters. The average molecular weight is 255 g/mol. The van der Waals surface area contributed by atoms with Gasteiger partial charge in [0.1, 0.15) is 6.29 Å². The number of carbonyl (C=O) groups is 1. The van der Waals surface area contributed by atoms with Crippen LogP contribution in [0.15, 0.2) is 47.3 Å². The van der Waals surface area contributed by atoms with Crippen LogP contribution in [0.2, 0.25) is 0 Å². The second-order valence-electron chi connectivity index (χ2n) is 4.33. The van der Waals surface area contributed by atoms with E-state index in [2.05, 4.69) is 33.7 Å². The maximum Gasteiger partial charge on any atom is 0.150 e. The van der Waals surface area contributed by atoms with Crippen LogP contribution in [0.4, 0.5) is 0 Å². The molecule has 0 fully saturated rings. The van der Waals surface area contributed by atoms with E-state index in [0.29, 0.717) is 0 Å². The smallest absolute Gasteiger partial charge is 0.150 e. The number of carbonyl (C=O) groups excluding carboxylic acids is 1. The molecule has 0 spiro atoms. The molecule has 2 aromatic heterocycles. The van der Waals surface area contributed by atoms with Crippen molar-refractivity contribution >= 4 is 28.5 Å². The Balaban J connectivity index is 1.89. The molecule has 3 rings (SSSR count). The van der Waals surface area contributed by atoms with Crippen molar-refractivity contribution in [1.82, 2.24) is 4.57 Å². The number of aldehydes is 1. The normalized spacial score (nSPS) is 10.9. The van der Waals surface area contributed by atoms with Gasteiger partial charge in [0.2, 0.25) is 0 Å². The van der Waals surface area contributed by atoms with Gasteiger partial charge in [-0.2, -0.15) is 11.3 Å². The molecule has 0 bridgehead atoms. The second kappa shape index (κ2) is 4.78. The monoisotopic (exact) mass is 255 g/mol. The summed E-state index contributed by atoms with van der Waals surface area (Å²) >= 11 is 1.73. The van der Waals surface area contributed by atoms with Gasteiger partial charge in [-0.3, -0.25) is 4.79 Å². The van der Waals surface area contributed by atoms with Crippen LogP contribution in [0.25, 0.3) is 10.9 Å². The van der Waals surface area contributed by atoms with Gasteiger partial charge in [0.05, 0.1) is 0 Å². The predicted molar refractivity (Wildman–Crippen MR) is 75.3 cm³/mol. The summed E-state index contributed by atoms with van der Waals surface area (Å²) in [6, 6.07) is 10.1. The van der Waals surface area contributed by atoms with E-state index in [1.165, 1.54) is 10.9 Å². The molecule has 0 aliphatic carbocycles. The van der Waals surface area contributed by atoms with Crippen molar-refractivity contribution in [3.63, 3.8) is 0 Å². The predicted octanol–water partition coefficient (Wildman–Crippen LogP) is 3.76. The van der Waals surface area contributed by atoms with E-state index in [9.17, 15) is 4.79 Å².